The van der Waals surface area contributed by atoms with Crippen LogP contribution in [-0.4, -0.2) is 22.5 Å². The Labute approximate surface area is 166 Å². The maximum Gasteiger partial charge on any atom is 0.255 e. The SMILES string of the molecule is Cc1cc(=O)n(CC(=O)N(C)c2cccc(Cl)c2)c(Nc2ccc(F)cc2)n1. The van der Waals surface area contributed by atoms with Gasteiger partial charge in [0.25, 0.3) is 5.56 Å². The maximum absolute atomic E-state index is 13.1. The van der Waals surface area contributed by atoms with E-state index in [1.54, 1.807) is 38.2 Å². The lowest BCUT2D eigenvalue weighted by Gasteiger charge is -2.20. The van der Waals surface area contributed by atoms with Crippen molar-refractivity contribution in [2.75, 3.05) is 17.3 Å². The molecule has 0 bridgehead atoms. The van der Waals surface area contributed by atoms with Crippen molar-refractivity contribution in [3.05, 3.63) is 81.5 Å². The summed E-state index contributed by atoms with van der Waals surface area (Å²) >= 11 is 5.98. The van der Waals surface area contributed by atoms with E-state index in [-0.39, 0.29) is 29.8 Å². The van der Waals surface area contributed by atoms with Crippen LogP contribution in [0.3, 0.4) is 0 Å². The van der Waals surface area contributed by atoms with Gasteiger partial charge in [0.2, 0.25) is 11.9 Å². The summed E-state index contributed by atoms with van der Waals surface area (Å²) in [5, 5.41) is 3.47. The number of anilines is 3. The molecular weight excluding hydrogens is 383 g/mol. The molecule has 3 aromatic rings. The fraction of sp³-hybridized carbons (Fsp3) is 0.150. The molecule has 0 fully saturated rings. The number of carbonyl (C=O) groups excluding carboxylic acids is 1. The molecule has 0 saturated carbocycles. The smallest absolute Gasteiger partial charge is 0.255 e. The molecule has 0 aliphatic heterocycles. The normalized spacial score (nSPS) is 10.6. The van der Waals surface area contributed by atoms with Crippen LogP contribution in [0.2, 0.25) is 5.02 Å². The van der Waals surface area contributed by atoms with E-state index in [4.69, 9.17) is 11.6 Å². The monoisotopic (exact) mass is 400 g/mol. The number of hydrogen-bond acceptors (Lipinski definition) is 4. The Bertz CT molecular complexity index is 1070. The molecule has 8 heteroatoms. The van der Waals surface area contributed by atoms with Gasteiger partial charge in [0.15, 0.2) is 0 Å². The van der Waals surface area contributed by atoms with Gasteiger partial charge in [-0.1, -0.05) is 17.7 Å². The number of aromatic nitrogens is 2. The van der Waals surface area contributed by atoms with Crippen LogP contribution < -0.4 is 15.8 Å². The number of nitrogens with zero attached hydrogens (tertiary/aromatic N) is 3. The number of halogens is 2. The molecule has 0 unspecified atom stereocenters. The molecule has 0 radical (unpaired) electrons. The second-order valence-electron chi connectivity index (χ2n) is 6.21. The highest BCUT2D eigenvalue weighted by molar-refractivity contribution is 6.30. The number of aryl methyl sites for hydroxylation is 1. The van der Waals surface area contributed by atoms with E-state index in [0.29, 0.717) is 22.1 Å². The summed E-state index contributed by atoms with van der Waals surface area (Å²) in [4.78, 5) is 30.9. The summed E-state index contributed by atoms with van der Waals surface area (Å²) in [5.74, 6) is -0.500. The number of hydrogen-bond donors (Lipinski definition) is 1. The molecule has 0 aliphatic carbocycles. The highest BCUT2D eigenvalue weighted by atomic mass is 35.5. The molecule has 0 spiro atoms. The van der Waals surface area contributed by atoms with Gasteiger partial charge in [0.1, 0.15) is 12.4 Å². The molecule has 1 amide bonds. The van der Waals surface area contributed by atoms with Crippen molar-refractivity contribution in [1.29, 1.82) is 0 Å². The van der Waals surface area contributed by atoms with Crippen molar-refractivity contribution in [2.24, 2.45) is 0 Å². The zero-order valence-corrected chi connectivity index (χ0v) is 16.1. The zero-order valence-electron chi connectivity index (χ0n) is 15.3. The summed E-state index contributed by atoms with van der Waals surface area (Å²) in [6, 6.07) is 13.8. The van der Waals surface area contributed by atoms with E-state index in [1.807, 2.05) is 0 Å². The van der Waals surface area contributed by atoms with Crippen molar-refractivity contribution < 1.29 is 9.18 Å². The minimum atomic E-state index is -0.376. The third-order valence-corrected chi connectivity index (χ3v) is 4.33. The fourth-order valence-electron chi connectivity index (χ4n) is 2.60. The topological polar surface area (TPSA) is 67.2 Å². The molecule has 2 aromatic carbocycles. The van der Waals surface area contributed by atoms with Gasteiger partial charge in [-0.3, -0.25) is 14.2 Å². The van der Waals surface area contributed by atoms with Crippen LogP contribution in [-0.2, 0) is 11.3 Å². The predicted octanol–water partition coefficient (Wildman–Crippen LogP) is 3.75. The number of carbonyl (C=O) groups is 1. The van der Waals surface area contributed by atoms with Gasteiger partial charge in [0.05, 0.1) is 0 Å². The van der Waals surface area contributed by atoms with Gasteiger partial charge >= 0.3 is 0 Å². The molecule has 28 heavy (non-hydrogen) atoms. The lowest BCUT2D eigenvalue weighted by molar-refractivity contribution is -0.118. The largest absolute Gasteiger partial charge is 0.326 e. The Kier molecular flexibility index (Phi) is 5.75. The first-order valence-electron chi connectivity index (χ1n) is 8.46. The molecule has 0 atom stereocenters. The fourth-order valence-corrected chi connectivity index (χ4v) is 2.79. The average molecular weight is 401 g/mol. The van der Waals surface area contributed by atoms with E-state index in [0.717, 1.165) is 0 Å². The van der Waals surface area contributed by atoms with Crippen molar-refractivity contribution >= 4 is 34.8 Å². The number of likely N-dealkylation sites (N-methyl/N-ethyl adjacent to an activating group) is 1. The number of amides is 1. The van der Waals surface area contributed by atoms with Crippen molar-refractivity contribution in [1.82, 2.24) is 9.55 Å². The lowest BCUT2D eigenvalue weighted by atomic mass is 10.3. The summed E-state index contributed by atoms with van der Waals surface area (Å²) in [6.07, 6.45) is 0. The van der Waals surface area contributed by atoms with Crippen molar-refractivity contribution in [2.45, 2.75) is 13.5 Å². The van der Waals surface area contributed by atoms with E-state index < -0.39 is 0 Å². The van der Waals surface area contributed by atoms with E-state index in [2.05, 4.69) is 10.3 Å². The van der Waals surface area contributed by atoms with Crippen LogP contribution in [0, 0.1) is 12.7 Å². The van der Waals surface area contributed by atoms with Gasteiger partial charge in [-0.05, 0) is 49.4 Å². The Balaban J connectivity index is 1.89. The molecule has 1 heterocycles. The molecule has 1 aromatic heterocycles. The highest BCUT2D eigenvalue weighted by Crippen LogP contribution is 2.19. The second kappa shape index (κ2) is 8.22. The minimum Gasteiger partial charge on any atom is -0.326 e. The van der Waals surface area contributed by atoms with Crippen molar-refractivity contribution in [3.63, 3.8) is 0 Å². The van der Waals surface area contributed by atoms with Gasteiger partial charge < -0.3 is 10.2 Å². The summed E-state index contributed by atoms with van der Waals surface area (Å²) in [6.45, 7) is 1.46. The third-order valence-electron chi connectivity index (χ3n) is 4.10. The van der Waals surface area contributed by atoms with Crippen LogP contribution in [0.1, 0.15) is 5.69 Å². The second-order valence-corrected chi connectivity index (χ2v) is 6.65. The summed E-state index contributed by atoms with van der Waals surface area (Å²) in [7, 11) is 1.60. The number of rotatable bonds is 5. The van der Waals surface area contributed by atoms with Gasteiger partial charge in [-0.15, -0.1) is 0 Å². The van der Waals surface area contributed by atoms with Crippen LogP contribution >= 0.6 is 11.6 Å². The minimum absolute atomic E-state index is 0.199. The third kappa shape index (κ3) is 4.55. The molecule has 3 rings (SSSR count). The Morgan fingerprint density at radius 2 is 1.93 bits per heavy atom. The number of nitrogens with one attached hydrogen (secondary N) is 1. The average Bonchev–Trinajstić information content (AvgIpc) is 2.65. The molecule has 0 aliphatic rings. The predicted molar refractivity (Wildman–Crippen MR) is 108 cm³/mol. The molecule has 1 N–H and O–H groups in total. The first-order valence-corrected chi connectivity index (χ1v) is 8.84. The van der Waals surface area contributed by atoms with Crippen LogP contribution in [0.4, 0.5) is 21.7 Å². The molecule has 144 valence electrons. The highest BCUT2D eigenvalue weighted by Gasteiger charge is 2.16. The van der Waals surface area contributed by atoms with E-state index in [9.17, 15) is 14.0 Å². The Morgan fingerprint density at radius 3 is 2.61 bits per heavy atom. The van der Waals surface area contributed by atoms with Crippen LogP contribution in [0.15, 0.2) is 59.4 Å². The Morgan fingerprint density at radius 1 is 1.21 bits per heavy atom. The lowest BCUT2D eigenvalue weighted by Crippen LogP contribution is -2.35. The van der Waals surface area contributed by atoms with Gasteiger partial charge in [-0.2, -0.15) is 0 Å². The zero-order chi connectivity index (χ0) is 20.3. The first-order chi connectivity index (χ1) is 13.3. The summed E-state index contributed by atoms with van der Waals surface area (Å²) < 4.78 is 14.4. The van der Waals surface area contributed by atoms with Gasteiger partial charge in [0, 0.05) is 35.2 Å². The Hall–Kier alpha value is -3.19. The van der Waals surface area contributed by atoms with Gasteiger partial charge in [-0.25, -0.2) is 9.37 Å². The number of benzene rings is 2. The van der Waals surface area contributed by atoms with Crippen LogP contribution in [0.25, 0.3) is 0 Å². The quantitative estimate of drug-likeness (QED) is 0.708. The molecule has 6 nitrogen and oxygen atoms in total. The van der Waals surface area contributed by atoms with E-state index >= 15 is 0 Å². The molecule has 0 saturated heterocycles. The first kappa shape index (κ1) is 19.6. The standard InChI is InChI=1S/C20H18ClFN4O2/c1-13-10-18(27)26(20(23-13)24-16-8-6-15(22)7-9-16)12-19(28)25(2)17-5-3-4-14(21)11-17/h3-11H,12H2,1-2H3,(H,23,24). The maximum atomic E-state index is 13.1. The van der Waals surface area contributed by atoms with Crippen LogP contribution in [0.5, 0.6) is 0 Å². The van der Waals surface area contributed by atoms with E-state index in [1.165, 1.54) is 39.8 Å². The van der Waals surface area contributed by atoms with Crippen molar-refractivity contribution in [3.8, 4) is 0 Å². The summed E-state index contributed by atoms with van der Waals surface area (Å²) in [5.41, 5.74) is 1.29. The molecular formula is C20H18ClFN4O2.